The summed E-state index contributed by atoms with van der Waals surface area (Å²) < 4.78 is 0. The van der Waals surface area contributed by atoms with Crippen molar-refractivity contribution in [3.8, 4) is 0 Å². The fraction of sp³-hybridized carbons (Fsp3) is 0.800. The number of nitrogens with two attached hydrogens (primary N) is 2. The number of amides is 3. The van der Waals surface area contributed by atoms with Crippen LogP contribution in [0.15, 0.2) is 0 Å². The average molecular weight is 344 g/mol. The number of carbonyl (C=O) groups is 3. The fourth-order valence-electron chi connectivity index (χ4n) is 1.93. The fourth-order valence-corrected chi connectivity index (χ4v) is 1.93. The predicted molar refractivity (Wildman–Crippen MR) is 93.1 cm³/mol. The molecule has 0 saturated heterocycles. The first kappa shape index (κ1) is 22.3. The molecule has 0 rings (SSSR count). The highest BCUT2D eigenvalue weighted by atomic mass is 16.2. The maximum Gasteiger partial charge on any atom is 0.221 e. The molecule has 0 saturated carbocycles. The highest BCUT2D eigenvalue weighted by Crippen LogP contribution is 1.95. The smallest absolute Gasteiger partial charge is 0.221 e. The Kier molecular flexibility index (Phi) is 13.8. The van der Waals surface area contributed by atoms with Crippen molar-refractivity contribution >= 4 is 17.7 Å². The van der Waals surface area contributed by atoms with E-state index in [9.17, 15) is 14.4 Å². The molecule has 7 N–H and O–H groups in total. The molecule has 0 fully saturated rings. The molecule has 9 heteroatoms. The topological polar surface area (TPSA) is 143 Å². The van der Waals surface area contributed by atoms with Crippen LogP contribution >= 0.6 is 0 Å². The zero-order chi connectivity index (χ0) is 18.2. The molecule has 0 aromatic heterocycles. The summed E-state index contributed by atoms with van der Waals surface area (Å²) in [6, 6.07) is 0. The monoisotopic (exact) mass is 344 g/mol. The second-order valence-electron chi connectivity index (χ2n) is 5.32. The minimum absolute atomic E-state index is 0.0173. The largest absolute Gasteiger partial charge is 0.355 e. The van der Waals surface area contributed by atoms with E-state index in [1.165, 1.54) is 0 Å². The lowest BCUT2D eigenvalue weighted by Gasteiger charge is -2.22. The number of nitrogens with zero attached hydrogens (tertiary/aromatic N) is 1. The number of hydrogen-bond acceptors (Lipinski definition) is 6. The first-order chi connectivity index (χ1) is 11.5. The van der Waals surface area contributed by atoms with Crippen LogP contribution in [0, 0.1) is 0 Å². The van der Waals surface area contributed by atoms with Crippen LogP contribution in [-0.2, 0) is 14.4 Å². The Balaban J connectivity index is 4.23. The maximum absolute atomic E-state index is 11.7. The van der Waals surface area contributed by atoms with Crippen LogP contribution in [0.2, 0.25) is 0 Å². The van der Waals surface area contributed by atoms with Crippen LogP contribution in [0.25, 0.3) is 0 Å². The SMILES string of the molecule is CCC(=O)NCCN(CCC(=O)NCCN)CCC(=O)NCCN. The van der Waals surface area contributed by atoms with Crippen molar-refractivity contribution in [3.05, 3.63) is 0 Å². The van der Waals surface area contributed by atoms with Gasteiger partial charge in [-0.1, -0.05) is 6.92 Å². The minimum Gasteiger partial charge on any atom is -0.355 e. The van der Waals surface area contributed by atoms with Gasteiger partial charge >= 0.3 is 0 Å². The lowest BCUT2D eigenvalue weighted by molar-refractivity contribution is -0.122. The molecule has 0 aromatic rings. The van der Waals surface area contributed by atoms with E-state index in [1.807, 2.05) is 4.90 Å². The summed E-state index contributed by atoms with van der Waals surface area (Å²) in [5.74, 6) is -0.164. The third kappa shape index (κ3) is 12.8. The average Bonchev–Trinajstić information content (AvgIpc) is 2.59. The van der Waals surface area contributed by atoms with Crippen molar-refractivity contribution in [2.24, 2.45) is 11.5 Å². The lowest BCUT2D eigenvalue weighted by Crippen LogP contribution is -2.39. The van der Waals surface area contributed by atoms with Gasteiger partial charge in [-0.2, -0.15) is 0 Å². The maximum atomic E-state index is 11.7. The number of carbonyl (C=O) groups excluding carboxylic acids is 3. The van der Waals surface area contributed by atoms with Gasteiger partial charge in [-0.05, 0) is 0 Å². The molecule has 0 heterocycles. The summed E-state index contributed by atoms with van der Waals surface area (Å²) in [6.45, 7) is 5.60. The van der Waals surface area contributed by atoms with E-state index < -0.39 is 0 Å². The van der Waals surface area contributed by atoms with Crippen LogP contribution in [0.5, 0.6) is 0 Å². The van der Waals surface area contributed by atoms with Gasteiger partial charge in [0.25, 0.3) is 0 Å². The summed E-state index contributed by atoms with van der Waals surface area (Å²) in [4.78, 5) is 36.6. The first-order valence-corrected chi connectivity index (χ1v) is 8.46. The lowest BCUT2D eigenvalue weighted by atomic mass is 10.3. The Hall–Kier alpha value is -1.71. The molecule has 0 bridgehead atoms. The Morgan fingerprint density at radius 1 is 0.750 bits per heavy atom. The third-order valence-corrected chi connectivity index (χ3v) is 3.31. The molecule has 24 heavy (non-hydrogen) atoms. The summed E-state index contributed by atoms with van der Waals surface area (Å²) in [5.41, 5.74) is 10.7. The van der Waals surface area contributed by atoms with Gasteiger partial charge in [-0.3, -0.25) is 14.4 Å². The van der Waals surface area contributed by atoms with Crippen molar-refractivity contribution in [2.75, 3.05) is 52.4 Å². The van der Waals surface area contributed by atoms with Crippen LogP contribution in [-0.4, -0.2) is 75.0 Å². The molecule has 3 amide bonds. The van der Waals surface area contributed by atoms with E-state index in [0.717, 1.165) is 0 Å². The molecule has 9 nitrogen and oxygen atoms in total. The summed E-state index contributed by atoms with van der Waals surface area (Å²) in [6.07, 6.45) is 1.08. The molecule has 140 valence electrons. The van der Waals surface area contributed by atoms with E-state index in [1.54, 1.807) is 6.92 Å². The van der Waals surface area contributed by atoms with Crippen LogP contribution < -0.4 is 27.4 Å². The van der Waals surface area contributed by atoms with Crippen LogP contribution in [0.3, 0.4) is 0 Å². The highest BCUT2D eigenvalue weighted by Gasteiger charge is 2.11. The number of hydrogen-bond donors (Lipinski definition) is 5. The van der Waals surface area contributed by atoms with Crippen molar-refractivity contribution < 1.29 is 14.4 Å². The quantitative estimate of drug-likeness (QED) is 0.241. The summed E-state index contributed by atoms with van der Waals surface area (Å²) in [5, 5.41) is 8.21. The van der Waals surface area contributed by atoms with Crippen LogP contribution in [0.1, 0.15) is 26.2 Å². The number of rotatable bonds is 14. The Bertz CT molecular complexity index is 354. The van der Waals surface area contributed by atoms with E-state index in [2.05, 4.69) is 16.0 Å². The predicted octanol–water partition coefficient (Wildman–Crippen LogP) is -2.26. The molecule has 0 aliphatic rings. The van der Waals surface area contributed by atoms with Crippen molar-refractivity contribution in [1.29, 1.82) is 0 Å². The van der Waals surface area contributed by atoms with E-state index >= 15 is 0 Å². The van der Waals surface area contributed by atoms with Gasteiger partial charge in [-0.25, -0.2) is 0 Å². The Morgan fingerprint density at radius 3 is 1.62 bits per heavy atom. The van der Waals surface area contributed by atoms with Crippen molar-refractivity contribution in [3.63, 3.8) is 0 Å². The third-order valence-electron chi connectivity index (χ3n) is 3.31. The normalized spacial score (nSPS) is 10.5. The van der Waals surface area contributed by atoms with E-state index in [-0.39, 0.29) is 17.7 Å². The van der Waals surface area contributed by atoms with Gasteiger partial charge < -0.3 is 32.3 Å². The molecular weight excluding hydrogens is 312 g/mol. The van der Waals surface area contributed by atoms with E-state index in [4.69, 9.17) is 11.5 Å². The summed E-state index contributed by atoms with van der Waals surface area (Å²) in [7, 11) is 0. The molecule has 0 unspecified atom stereocenters. The molecule has 0 spiro atoms. The van der Waals surface area contributed by atoms with Gasteiger partial charge in [0.2, 0.25) is 17.7 Å². The molecule has 0 atom stereocenters. The second-order valence-corrected chi connectivity index (χ2v) is 5.32. The van der Waals surface area contributed by atoms with Crippen molar-refractivity contribution in [1.82, 2.24) is 20.9 Å². The Morgan fingerprint density at radius 2 is 1.21 bits per heavy atom. The molecule has 0 aromatic carbocycles. The first-order valence-electron chi connectivity index (χ1n) is 8.46. The molecule has 0 aliphatic carbocycles. The van der Waals surface area contributed by atoms with E-state index in [0.29, 0.717) is 71.6 Å². The van der Waals surface area contributed by atoms with Gasteiger partial charge in [0.15, 0.2) is 0 Å². The van der Waals surface area contributed by atoms with Gasteiger partial charge in [0, 0.05) is 71.6 Å². The Labute approximate surface area is 143 Å². The summed E-state index contributed by atoms with van der Waals surface area (Å²) >= 11 is 0. The van der Waals surface area contributed by atoms with Gasteiger partial charge in [-0.15, -0.1) is 0 Å². The molecule has 0 aliphatic heterocycles. The van der Waals surface area contributed by atoms with Crippen LogP contribution in [0.4, 0.5) is 0 Å². The molecule has 0 radical (unpaired) electrons. The number of nitrogens with one attached hydrogen (secondary N) is 3. The second kappa shape index (κ2) is 14.9. The van der Waals surface area contributed by atoms with Gasteiger partial charge in [0.1, 0.15) is 0 Å². The van der Waals surface area contributed by atoms with Gasteiger partial charge in [0.05, 0.1) is 0 Å². The zero-order valence-electron chi connectivity index (χ0n) is 14.6. The van der Waals surface area contributed by atoms with Crippen molar-refractivity contribution in [2.45, 2.75) is 26.2 Å². The highest BCUT2D eigenvalue weighted by molar-refractivity contribution is 5.77. The minimum atomic E-state index is -0.0735. The standard InChI is InChI=1S/C15H32N6O3/c1-2-13(22)20-9-12-21(10-3-14(23)18-7-5-16)11-4-15(24)19-8-6-17/h2-12,16-17H2,1H3,(H,18,23)(H,19,24)(H,20,22). The molecular formula is C15H32N6O3. The zero-order valence-corrected chi connectivity index (χ0v) is 14.6.